The summed E-state index contributed by atoms with van der Waals surface area (Å²) in [4.78, 5) is 13.5. The number of carbonyl (C=O) groups is 1. The van der Waals surface area contributed by atoms with Gasteiger partial charge in [0.25, 0.3) is 5.91 Å². The van der Waals surface area contributed by atoms with Crippen LogP contribution in [-0.4, -0.2) is 51.5 Å². The van der Waals surface area contributed by atoms with Crippen LogP contribution in [0.2, 0.25) is 5.02 Å². The largest absolute Gasteiger partial charge is 0.383 e. The SMILES string of the molecule is COCCN(CCOC)c1cc2c(cc1Cl)C(O)C(=O)N2. The first-order valence-electron chi connectivity index (χ1n) is 6.63. The van der Waals surface area contributed by atoms with Crippen LogP contribution in [-0.2, 0) is 14.3 Å². The van der Waals surface area contributed by atoms with Gasteiger partial charge in [-0.3, -0.25) is 4.79 Å². The zero-order chi connectivity index (χ0) is 15.4. The minimum absolute atomic E-state index is 0.432. The lowest BCUT2D eigenvalue weighted by molar-refractivity contribution is -0.123. The van der Waals surface area contributed by atoms with E-state index < -0.39 is 12.0 Å². The van der Waals surface area contributed by atoms with Gasteiger partial charge in [-0.25, -0.2) is 0 Å². The first-order valence-corrected chi connectivity index (χ1v) is 7.01. The summed E-state index contributed by atoms with van der Waals surface area (Å²) in [7, 11) is 3.27. The number of methoxy groups -OCH3 is 2. The highest BCUT2D eigenvalue weighted by molar-refractivity contribution is 6.33. The lowest BCUT2D eigenvalue weighted by Gasteiger charge is -2.26. The third-order valence-electron chi connectivity index (χ3n) is 3.39. The number of anilines is 2. The summed E-state index contributed by atoms with van der Waals surface area (Å²) in [6.07, 6.45) is -1.15. The predicted molar refractivity (Wildman–Crippen MR) is 81.0 cm³/mol. The van der Waals surface area contributed by atoms with E-state index in [2.05, 4.69) is 5.32 Å². The van der Waals surface area contributed by atoms with Crippen molar-refractivity contribution in [1.82, 2.24) is 0 Å². The van der Waals surface area contributed by atoms with Crippen LogP contribution in [0.25, 0.3) is 0 Å². The number of nitrogens with zero attached hydrogens (tertiary/aromatic N) is 1. The van der Waals surface area contributed by atoms with Gasteiger partial charge in [-0.1, -0.05) is 11.6 Å². The van der Waals surface area contributed by atoms with E-state index in [1.807, 2.05) is 4.90 Å². The van der Waals surface area contributed by atoms with Crippen LogP contribution in [0.4, 0.5) is 11.4 Å². The molecule has 1 atom stereocenters. The van der Waals surface area contributed by atoms with Gasteiger partial charge in [-0.05, 0) is 12.1 Å². The number of hydrogen-bond donors (Lipinski definition) is 2. The monoisotopic (exact) mass is 314 g/mol. The lowest BCUT2D eigenvalue weighted by Crippen LogP contribution is -2.30. The predicted octanol–water partition coefficient (Wildman–Crippen LogP) is 1.42. The van der Waals surface area contributed by atoms with Gasteiger partial charge in [-0.15, -0.1) is 0 Å². The van der Waals surface area contributed by atoms with Crippen molar-refractivity contribution >= 4 is 28.9 Å². The Labute approximate surface area is 128 Å². The molecule has 0 aromatic heterocycles. The van der Waals surface area contributed by atoms with Crippen molar-refractivity contribution in [3.8, 4) is 0 Å². The molecule has 1 aromatic rings. The van der Waals surface area contributed by atoms with Gasteiger partial charge in [0.2, 0.25) is 0 Å². The van der Waals surface area contributed by atoms with Crippen LogP contribution < -0.4 is 10.2 Å². The molecule has 2 N–H and O–H groups in total. The molecular weight excluding hydrogens is 296 g/mol. The zero-order valence-corrected chi connectivity index (χ0v) is 12.8. The molecule has 116 valence electrons. The average molecular weight is 315 g/mol. The zero-order valence-electron chi connectivity index (χ0n) is 12.1. The van der Waals surface area contributed by atoms with Crippen LogP contribution in [0.1, 0.15) is 11.7 Å². The number of benzene rings is 1. The number of carbonyl (C=O) groups excluding carboxylic acids is 1. The molecule has 2 rings (SSSR count). The first-order chi connectivity index (χ1) is 10.1. The molecule has 7 heteroatoms. The maximum atomic E-state index is 11.5. The smallest absolute Gasteiger partial charge is 0.257 e. The Hall–Kier alpha value is -1.34. The fourth-order valence-corrected chi connectivity index (χ4v) is 2.54. The second-order valence-corrected chi connectivity index (χ2v) is 5.16. The third kappa shape index (κ3) is 3.47. The summed E-state index contributed by atoms with van der Waals surface area (Å²) in [6.45, 7) is 2.39. The molecule has 0 saturated carbocycles. The molecule has 1 amide bonds. The molecule has 6 nitrogen and oxygen atoms in total. The Morgan fingerprint density at radius 3 is 2.48 bits per heavy atom. The van der Waals surface area contributed by atoms with Gasteiger partial charge in [0.05, 0.1) is 23.9 Å². The normalized spacial score (nSPS) is 16.8. The molecule has 1 aliphatic heterocycles. The van der Waals surface area contributed by atoms with Crippen LogP contribution >= 0.6 is 11.6 Å². The number of aliphatic hydroxyl groups excluding tert-OH is 1. The van der Waals surface area contributed by atoms with Gasteiger partial charge in [0.15, 0.2) is 6.10 Å². The van der Waals surface area contributed by atoms with Crippen molar-refractivity contribution in [3.05, 3.63) is 22.7 Å². The summed E-state index contributed by atoms with van der Waals surface area (Å²) in [5.41, 5.74) is 1.87. The Morgan fingerprint density at radius 1 is 1.29 bits per heavy atom. The molecule has 21 heavy (non-hydrogen) atoms. The number of halogens is 1. The van der Waals surface area contributed by atoms with Crippen molar-refractivity contribution in [1.29, 1.82) is 0 Å². The van der Waals surface area contributed by atoms with Crippen LogP contribution in [0.5, 0.6) is 0 Å². The van der Waals surface area contributed by atoms with E-state index in [1.54, 1.807) is 26.4 Å². The van der Waals surface area contributed by atoms with Crippen molar-refractivity contribution < 1.29 is 19.4 Å². The topological polar surface area (TPSA) is 71.0 Å². The maximum Gasteiger partial charge on any atom is 0.257 e. The summed E-state index contributed by atoms with van der Waals surface area (Å²) in [5.74, 6) is -0.432. The Balaban J connectivity index is 2.28. The van der Waals surface area contributed by atoms with Crippen molar-refractivity contribution in [2.24, 2.45) is 0 Å². The lowest BCUT2D eigenvalue weighted by atomic mass is 10.1. The van der Waals surface area contributed by atoms with E-state index in [4.69, 9.17) is 21.1 Å². The number of fused-ring (bicyclic) bond motifs is 1. The second-order valence-electron chi connectivity index (χ2n) is 4.76. The van der Waals surface area contributed by atoms with E-state index in [-0.39, 0.29) is 0 Å². The number of aliphatic hydroxyl groups is 1. The van der Waals surface area contributed by atoms with E-state index in [1.165, 1.54) is 0 Å². The molecule has 0 spiro atoms. The van der Waals surface area contributed by atoms with Crippen LogP contribution in [0.3, 0.4) is 0 Å². The minimum Gasteiger partial charge on any atom is -0.383 e. The van der Waals surface area contributed by atoms with Crippen LogP contribution in [0, 0.1) is 0 Å². The Bertz CT molecular complexity index is 516. The van der Waals surface area contributed by atoms with Crippen molar-refractivity contribution in [2.75, 3.05) is 50.7 Å². The number of nitrogens with one attached hydrogen (secondary N) is 1. The Morgan fingerprint density at radius 2 is 1.90 bits per heavy atom. The maximum absolute atomic E-state index is 11.5. The third-order valence-corrected chi connectivity index (χ3v) is 3.69. The van der Waals surface area contributed by atoms with Gasteiger partial charge in [-0.2, -0.15) is 0 Å². The van der Waals surface area contributed by atoms with Crippen molar-refractivity contribution in [2.45, 2.75) is 6.10 Å². The molecule has 1 aliphatic rings. The quantitative estimate of drug-likeness (QED) is 0.796. The number of rotatable bonds is 7. The second kappa shape index (κ2) is 7.09. The fraction of sp³-hybridized carbons (Fsp3) is 0.500. The van der Waals surface area contributed by atoms with Gasteiger partial charge < -0.3 is 24.8 Å². The summed E-state index contributed by atoms with van der Waals surface area (Å²) >= 11 is 6.30. The average Bonchev–Trinajstić information content (AvgIpc) is 2.74. The van der Waals surface area contributed by atoms with Crippen LogP contribution in [0.15, 0.2) is 12.1 Å². The first kappa shape index (κ1) is 16.0. The Kier molecular flexibility index (Phi) is 5.41. The standard InChI is InChI=1S/C14H19ClN2O4/c1-20-5-3-17(4-6-21-2)12-8-11-9(7-10(12)15)13(18)14(19)16-11/h7-8,13,18H,3-6H2,1-2H3,(H,16,19). The highest BCUT2D eigenvalue weighted by atomic mass is 35.5. The van der Waals surface area contributed by atoms with E-state index in [0.29, 0.717) is 42.6 Å². The van der Waals surface area contributed by atoms with E-state index >= 15 is 0 Å². The molecule has 1 heterocycles. The van der Waals surface area contributed by atoms with Gasteiger partial charge in [0.1, 0.15) is 0 Å². The number of hydrogen-bond acceptors (Lipinski definition) is 5. The minimum atomic E-state index is -1.15. The fourth-order valence-electron chi connectivity index (χ4n) is 2.25. The molecule has 0 saturated heterocycles. The highest BCUT2D eigenvalue weighted by Crippen LogP contribution is 2.38. The molecular formula is C14H19ClN2O4. The van der Waals surface area contributed by atoms with Crippen molar-refractivity contribution in [3.63, 3.8) is 0 Å². The molecule has 0 bridgehead atoms. The molecule has 1 unspecified atom stereocenters. The van der Waals surface area contributed by atoms with Gasteiger partial charge >= 0.3 is 0 Å². The summed E-state index contributed by atoms with van der Waals surface area (Å²) < 4.78 is 10.2. The molecule has 0 radical (unpaired) electrons. The molecule has 0 aliphatic carbocycles. The van der Waals surface area contributed by atoms with E-state index in [0.717, 1.165) is 5.69 Å². The summed E-state index contributed by atoms with van der Waals surface area (Å²) in [5, 5.41) is 12.9. The number of ether oxygens (including phenoxy) is 2. The number of amides is 1. The molecule has 0 fully saturated rings. The summed E-state index contributed by atoms with van der Waals surface area (Å²) in [6, 6.07) is 3.40. The molecule has 1 aromatic carbocycles. The van der Waals surface area contributed by atoms with E-state index in [9.17, 15) is 9.90 Å². The van der Waals surface area contributed by atoms with Gasteiger partial charge in [0, 0.05) is 38.6 Å². The highest BCUT2D eigenvalue weighted by Gasteiger charge is 2.30.